The minimum absolute atomic E-state index is 0.0673. The summed E-state index contributed by atoms with van der Waals surface area (Å²) in [6.45, 7) is 4.64. The van der Waals surface area contributed by atoms with Crippen molar-refractivity contribution in [3.05, 3.63) is 29.6 Å². The van der Waals surface area contributed by atoms with Gasteiger partial charge in [-0.05, 0) is 32.0 Å². The highest BCUT2D eigenvalue weighted by Gasteiger charge is 2.26. The Bertz CT molecular complexity index is 554. The lowest BCUT2D eigenvalue weighted by Gasteiger charge is -2.35. The monoisotopic (exact) mass is 296 g/mol. The zero-order valence-corrected chi connectivity index (χ0v) is 11.8. The molecule has 2 amide bonds. The summed E-state index contributed by atoms with van der Waals surface area (Å²) in [5, 5.41) is 11.4. The standard InChI is InChI=1S/C14H17FN2O4/c1-8-6-17(7-9(2)21-8)14(20)16-10-3-4-12(15)11(5-10)13(18)19/h3-5,8-9H,6-7H2,1-2H3,(H,16,20)(H,18,19). The predicted octanol–water partition coefficient (Wildman–Crippen LogP) is 2.17. The van der Waals surface area contributed by atoms with Gasteiger partial charge < -0.3 is 20.1 Å². The number of carbonyl (C=O) groups excluding carboxylic acids is 1. The molecule has 1 aromatic carbocycles. The molecule has 1 saturated heterocycles. The molecule has 2 unspecified atom stereocenters. The molecule has 1 aliphatic heterocycles. The number of aromatic carboxylic acids is 1. The number of morpholine rings is 1. The number of hydrogen-bond acceptors (Lipinski definition) is 3. The van der Waals surface area contributed by atoms with Crippen LogP contribution in [-0.4, -0.2) is 47.3 Å². The summed E-state index contributed by atoms with van der Waals surface area (Å²) in [6, 6.07) is 3.08. The van der Waals surface area contributed by atoms with Crippen molar-refractivity contribution in [2.45, 2.75) is 26.1 Å². The first-order valence-electron chi connectivity index (χ1n) is 6.61. The Morgan fingerprint density at radius 3 is 2.52 bits per heavy atom. The van der Waals surface area contributed by atoms with E-state index in [0.29, 0.717) is 13.1 Å². The minimum Gasteiger partial charge on any atom is -0.478 e. The van der Waals surface area contributed by atoms with Crippen molar-refractivity contribution < 1.29 is 23.8 Å². The summed E-state index contributed by atoms with van der Waals surface area (Å²) < 4.78 is 18.8. The zero-order valence-electron chi connectivity index (χ0n) is 11.8. The number of nitrogens with one attached hydrogen (secondary N) is 1. The van der Waals surface area contributed by atoms with Crippen LogP contribution in [0.25, 0.3) is 0 Å². The van der Waals surface area contributed by atoms with Crippen molar-refractivity contribution in [3.63, 3.8) is 0 Å². The molecule has 2 atom stereocenters. The normalized spacial score (nSPS) is 22.0. The highest BCUT2D eigenvalue weighted by atomic mass is 19.1. The first-order valence-corrected chi connectivity index (χ1v) is 6.61. The first-order chi connectivity index (χ1) is 9.86. The number of urea groups is 1. The molecule has 0 saturated carbocycles. The predicted molar refractivity (Wildman–Crippen MR) is 74.0 cm³/mol. The van der Waals surface area contributed by atoms with Gasteiger partial charge in [-0.1, -0.05) is 0 Å². The van der Waals surface area contributed by atoms with E-state index in [4.69, 9.17) is 9.84 Å². The number of ether oxygens (including phenoxy) is 1. The molecule has 6 nitrogen and oxygen atoms in total. The topological polar surface area (TPSA) is 78.9 Å². The molecule has 1 fully saturated rings. The van der Waals surface area contributed by atoms with Gasteiger partial charge in [-0.2, -0.15) is 0 Å². The lowest BCUT2D eigenvalue weighted by Crippen LogP contribution is -2.49. The Morgan fingerprint density at radius 2 is 1.95 bits per heavy atom. The molecule has 114 valence electrons. The summed E-state index contributed by atoms with van der Waals surface area (Å²) in [4.78, 5) is 24.6. The van der Waals surface area contributed by atoms with Gasteiger partial charge in [-0.15, -0.1) is 0 Å². The maximum absolute atomic E-state index is 13.3. The van der Waals surface area contributed by atoms with E-state index in [1.807, 2.05) is 13.8 Å². The highest BCUT2D eigenvalue weighted by Crippen LogP contribution is 2.17. The third-order valence-electron chi connectivity index (χ3n) is 3.15. The third kappa shape index (κ3) is 3.69. The van der Waals surface area contributed by atoms with Gasteiger partial charge in [0.15, 0.2) is 0 Å². The van der Waals surface area contributed by atoms with Gasteiger partial charge in [0.25, 0.3) is 0 Å². The number of carboxylic acids is 1. The molecule has 0 aliphatic carbocycles. The van der Waals surface area contributed by atoms with Gasteiger partial charge in [0.2, 0.25) is 0 Å². The van der Waals surface area contributed by atoms with Gasteiger partial charge >= 0.3 is 12.0 Å². The lowest BCUT2D eigenvalue weighted by atomic mass is 10.2. The van der Waals surface area contributed by atoms with Gasteiger partial charge in [0, 0.05) is 18.8 Å². The molecule has 0 radical (unpaired) electrons. The lowest BCUT2D eigenvalue weighted by molar-refractivity contribution is -0.0530. The van der Waals surface area contributed by atoms with E-state index in [0.717, 1.165) is 12.1 Å². The number of carbonyl (C=O) groups is 2. The maximum atomic E-state index is 13.3. The van der Waals surface area contributed by atoms with E-state index in [2.05, 4.69) is 5.32 Å². The Morgan fingerprint density at radius 1 is 1.33 bits per heavy atom. The van der Waals surface area contributed by atoms with Crippen molar-refractivity contribution in [3.8, 4) is 0 Å². The van der Waals surface area contributed by atoms with E-state index in [1.54, 1.807) is 4.90 Å². The Labute approximate surface area is 121 Å². The van der Waals surface area contributed by atoms with Crippen LogP contribution in [0, 0.1) is 5.82 Å². The average Bonchev–Trinajstić information content (AvgIpc) is 2.39. The molecule has 0 aromatic heterocycles. The number of amides is 2. The van der Waals surface area contributed by atoms with Crippen LogP contribution in [0.3, 0.4) is 0 Å². The Balaban J connectivity index is 2.09. The second-order valence-electron chi connectivity index (χ2n) is 5.09. The van der Waals surface area contributed by atoms with Gasteiger partial charge in [0.1, 0.15) is 5.82 Å². The average molecular weight is 296 g/mol. The van der Waals surface area contributed by atoms with Crippen LogP contribution in [0.4, 0.5) is 14.9 Å². The summed E-state index contributed by atoms with van der Waals surface area (Å²) in [6.07, 6.45) is -0.135. The number of halogens is 1. The molecule has 0 spiro atoms. The van der Waals surface area contributed by atoms with E-state index in [1.165, 1.54) is 6.07 Å². The molecule has 2 rings (SSSR count). The first kappa shape index (κ1) is 15.2. The Kier molecular flexibility index (Phi) is 4.42. The number of anilines is 1. The van der Waals surface area contributed by atoms with Crippen LogP contribution in [0.5, 0.6) is 0 Å². The van der Waals surface area contributed by atoms with Crippen LogP contribution in [0.1, 0.15) is 24.2 Å². The van der Waals surface area contributed by atoms with Crippen molar-refractivity contribution in [2.24, 2.45) is 0 Å². The molecular formula is C14H17FN2O4. The third-order valence-corrected chi connectivity index (χ3v) is 3.15. The molecule has 1 heterocycles. The second kappa shape index (κ2) is 6.09. The van der Waals surface area contributed by atoms with E-state index < -0.39 is 17.3 Å². The SMILES string of the molecule is CC1CN(C(=O)Nc2ccc(F)c(C(=O)O)c2)CC(C)O1. The fraction of sp³-hybridized carbons (Fsp3) is 0.429. The van der Waals surface area contributed by atoms with Crippen molar-refractivity contribution in [2.75, 3.05) is 18.4 Å². The minimum atomic E-state index is -1.38. The number of hydrogen-bond donors (Lipinski definition) is 2. The number of nitrogens with zero attached hydrogens (tertiary/aromatic N) is 1. The molecule has 1 aliphatic rings. The van der Waals surface area contributed by atoms with Crippen molar-refractivity contribution in [1.82, 2.24) is 4.90 Å². The molecular weight excluding hydrogens is 279 g/mol. The molecule has 2 N–H and O–H groups in total. The van der Waals surface area contributed by atoms with Gasteiger partial charge in [-0.25, -0.2) is 14.0 Å². The van der Waals surface area contributed by atoms with Crippen LogP contribution in [0.15, 0.2) is 18.2 Å². The van der Waals surface area contributed by atoms with Gasteiger partial charge in [0.05, 0.1) is 17.8 Å². The number of carboxylic acid groups (broad SMARTS) is 1. The van der Waals surface area contributed by atoms with Crippen LogP contribution in [-0.2, 0) is 4.74 Å². The number of rotatable bonds is 2. The van der Waals surface area contributed by atoms with E-state index in [-0.39, 0.29) is 23.9 Å². The smallest absolute Gasteiger partial charge is 0.338 e. The summed E-state index contributed by atoms with van der Waals surface area (Å²) in [5.41, 5.74) is -0.234. The van der Waals surface area contributed by atoms with Crippen molar-refractivity contribution in [1.29, 1.82) is 0 Å². The second-order valence-corrected chi connectivity index (χ2v) is 5.09. The maximum Gasteiger partial charge on any atom is 0.338 e. The largest absolute Gasteiger partial charge is 0.478 e. The molecule has 0 bridgehead atoms. The summed E-state index contributed by atoms with van der Waals surface area (Å²) in [5.74, 6) is -2.22. The fourth-order valence-corrected chi connectivity index (χ4v) is 2.31. The zero-order chi connectivity index (χ0) is 15.6. The van der Waals surface area contributed by atoms with Crippen molar-refractivity contribution >= 4 is 17.7 Å². The summed E-state index contributed by atoms with van der Waals surface area (Å²) in [7, 11) is 0. The molecule has 7 heteroatoms. The van der Waals surface area contributed by atoms with E-state index in [9.17, 15) is 14.0 Å². The van der Waals surface area contributed by atoms with Crippen LogP contribution < -0.4 is 5.32 Å². The Hall–Kier alpha value is -2.15. The molecule has 1 aromatic rings. The highest BCUT2D eigenvalue weighted by molar-refractivity contribution is 5.93. The fourth-order valence-electron chi connectivity index (χ4n) is 2.31. The number of benzene rings is 1. The van der Waals surface area contributed by atoms with E-state index >= 15 is 0 Å². The van der Waals surface area contributed by atoms with Gasteiger partial charge in [-0.3, -0.25) is 0 Å². The quantitative estimate of drug-likeness (QED) is 0.876. The van der Waals surface area contributed by atoms with Crippen LogP contribution in [0.2, 0.25) is 0 Å². The van der Waals surface area contributed by atoms with Crippen LogP contribution >= 0.6 is 0 Å². The summed E-state index contributed by atoms with van der Waals surface area (Å²) >= 11 is 0. The molecule has 21 heavy (non-hydrogen) atoms.